The highest BCUT2D eigenvalue weighted by Crippen LogP contribution is 2.23. The molecule has 2 aromatic rings. The normalized spacial score (nSPS) is 12.4. The summed E-state index contributed by atoms with van der Waals surface area (Å²) >= 11 is 0. The average molecular weight is 314 g/mol. The van der Waals surface area contributed by atoms with Gasteiger partial charge in [-0.3, -0.25) is 4.79 Å². The number of carbonyl (C=O) groups is 1. The summed E-state index contributed by atoms with van der Waals surface area (Å²) in [6.45, 7) is 10.1. The molecule has 2 rings (SSSR count). The Kier molecular flexibility index (Phi) is 5.59. The highest BCUT2D eigenvalue weighted by molar-refractivity contribution is 5.79. The van der Waals surface area contributed by atoms with E-state index in [1.54, 1.807) is 0 Å². The fraction of sp³-hybridized carbons (Fsp3) is 0.474. The van der Waals surface area contributed by atoms with Gasteiger partial charge in [0, 0.05) is 5.56 Å². The van der Waals surface area contributed by atoms with Crippen molar-refractivity contribution < 1.29 is 9.32 Å². The Balaban J connectivity index is 2.11. The fourth-order valence-corrected chi connectivity index (χ4v) is 2.73. The summed E-state index contributed by atoms with van der Waals surface area (Å²) in [5.74, 6) is 1.03. The second-order valence-corrected chi connectivity index (χ2v) is 6.36. The lowest BCUT2D eigenvalue weighted by Gasteiger charge is -2.23. The van der Waals surface area contributed by atoms with E-state index in [2.05, 4.69) is 55.5 Å². The Morgan fingerprint density at radius 1 is 1.22 bits per heavy atom. The van der Waals surface area contributed by atoms with Crippen LogP contribution in [0, 0.1) is 19.8 Å². The molecule has 0 aliphatic carbocycles. The van der Waals surface area contributed by atoms with Crippen molar-refractivity contribution in [2.45, 2.75) is 53.5 Å². The Bertz CT molecular complexity index is 637. The van der Waals surface area contributed by atoms with Crippen molar-refractivity contribution in [1.82, 2.24) is 10.5 Å². The van der Waals surface area contributed by atoms with Gasteiger partial charge in [-0.05, 0) is 37.3 Å². The second kappa shape index (κ2) is 7.44. The van der Waals surface area contributed by atoms with Gasteiger partial charge in [0.25, 0.3) is 0 Å². The predicted molar refractivity (Wildman–Crippen MR) is 91.2 cm³/mol. The zero-order chi connectivity index (χ0) is 17.0. The molecule has 0 bridgehead atoms. The van der Waals surface area contributed by atoms with Gasteiger partial charge >= 0.3 is 0 Å². The van der Waals surface area contributed by atoms with Crippen molar-refractivity contribution >= 4 is 5.91 Å². The molecule has 0 aliphatic rings. The van der Waals surface area contributed by atoms with Gasteiger partial charge < -0.3 is 9.84 Å². The smallest absolute Gasteiger partial charge is 0.225 e. The summed E-state index contributed by atoms with van der Waals surface area (Å²) in [5, 5.41) is 7.06. The number of aryl methyl sites for hydroxylation is 3. The molecule has 1 amide bonds. The molecule has 23 heavy (non-hydrogen) atoms. The molecule has 4 nitrogen and oxygen atoms in total. The molecule has 0 spiro atoms. The maximum absolute atomic E-state index is 12.4. The lowest BCUT2D eigenvalue weighted by molar-refractivity contribution is -0.121. The minimum absolute atomic E-state index is 0.00216. The van der Waals surface area contributed by atoms with Crippen LogP contribution in [0.5, 0.6) is 0 Å². The third kappa shape index (κ3) is 4.21. The Labute approximate surface area is 138 Å². The molecule has 0 aliphatic heterocycles. The first-order valence-corrected chi connectivity index (χ1v) is 8.22. The van der Waals surface area contributed by atoms with E-state index in [1.807, 2.05) is 13.8 Å². The van der Waals surface area contributed by atoms with Crippen molar-refractivity contribution in [1.29, 1.82) is 0 Å². The molecule has 1 unspecified atom stereocenters. The molecule has 1 N–H and O–H groups in total. The van der Waals surface area contributed by atoms with Gasteiger partial charge in [-0.15, -0.1) is 0 Å². The SMILES string of the molecule is CCc1ccc(C(NC(=O)Cc2c(C)noc2C)C(C)C)cc1. The van der Waals surface area contributed by atoms with Crippen LogP contribution in [0.25, 0.3) is 0 Å². The van der Waals surface area contributed by atoms with E-state index in [0.29, 0.717) is 18.1 Å². The van der Waals surface area contributed by atoms with Crippen LogP contribution < -0.4 is 5.32 Å². The third-order valence-corrected chi connectivity index (χ3v) is 4.25. The summed E-state index contributed by atoms with van der Waals surface area (Å²) in [5.41, 5.74) is 4.11. The van der Waals surface area contributed by atoms with Crippen LogP contribution in [0.1, 0.15) is 55.0 Å². The maximum Gasteiger partial charge on any atom is 0.225 e. The van der Waals surface area contributed by atoms with Gasteiger partial charge in [-0.1, -0.05) is 50.2 Å². The highest BCUT2D eigenvalue weighted by atomic mass is 16.5. The molecular weight excluding hydrogens is 288 g/mol. The number of hydrogen-bond acceptors (Lipinski definition) is 3. The number of rotatable bonds is 6. The standard InChI is InChI=1S/C19H26N2O2/c1-6-15-7-9-16(10-8-15)19(12(2)3)20-18(22)11-17-13(4)21-23-14(17)5/h7-10,12,19H,6,11H2,1-5H3,(H,20,22). The Hall–Kier alpha value is -2.10. The number of carbonyl (C=O) groups excluding carboxylic acids is 1. The number of nitrogens with zero attached hydrogens (tertiary/aromatic N) is 1. The summed E-state index contributed by atoms with van der Waals surface area (Å²) in [4.78, 5) is 12.4. The molecule has 1 atom stereocenters. The van der Waals surface area contributed by atoms with E-state index in [1.165, 1.54) is 5.56 Å². The van der Waals surface area contributed by atoms with Crippen molar-refractivity contribution in [2.75, 3.05) is 0 Å². The lowest BCUT2D eigenvalue weighted by atomic mass is 9.94. The molecule has 0 saturated carbocycles. The quantitative estimate of drug-likeness (QED) is 0.879. The largest absolute Gasteiger partial charge is 0.361 e. The predicted octanol–water partition coefficient (Wildman–Crippen LogP) is 3.91. The van der Waals surface area contributed by atoms with Gasteiger partial charge in [-0.25, -0.2) is 0 Å². The number of benzene rings is 1. The monoisotopic (exact) mass is 314 g/mol. The number of hydrogen-bond donors (Lipinski definition) is 1. The number of nitrogens with one attached hydrogen (secondary N) is 1. The van der Waals surface area contributed by atoms with Crippen molar-refractivity contribution in [3.05, 3.63) is 52.4 Å². The molecule has 124 valence electrons. The van der Waals surface area contributed by atoms with Crippen molar-refractivity contribution in [3.63, 3.8) is 0 Å². The van der Waals surface area contributed by atoms with E-state index in [-0.39, 0.29) is 11.9 Å². The zero-order valence-electron chi connectivity index (χ0n) is 14.6. The molecule has 1 aromatic carbocycles. The minimum Gasteiger partial charge on any atom is -0.361 e. The summed E-state index contributed by atoms with van der Waals surface area (Å²) in [6, 6.07) is 8.49. The van der Waals surface area contributed by atoms with E-state index in [9.17, 15) is 4.79 Å². The number of amides is 1. The van der Waals surface area contributed by atoms with Crippen LogP contribution in [0.4, 0.5) is 0 Å². The third-order valence-electron chi connectivity index (χ3n) is 4.25. The lowest BCUT2D eigenvalue weighted by Crippen LogP contribution is -2.33. The van der Waals surface area contributed by atoms with Crippen LogP contribution >= 0.6 is 0 Å². The van der Waals surface area contributed by atoms with Crippen LogP contribution in [-0.2, 0) is 17.6 Å². The van der Waals surface area contributed by atoms with Crippen molar-refractivity contribution in [3.8, 4) is 0 Å². The molecule has 0 fully saturated rings. The average Bonchev–Trinajstić information content (AvgIpc) is 2.84. The van der Waals surface area contributed by atoms with E-state index in [4.69, 9.17) is 4.52 Å². The number of aromatic nitrogens is 1. The van der Waals surface area contributed by atoms with Crippen molar-refractivity contribution in [2.24, 2.45) is 5.92 Å². The van der Waals surface area contributed by atoms with Crippen LogP contribution in [0.3, 0.4) is 0 Å². The van der Waals surface area contributed by atoms with Gasteiger partial charge in [0.05, 0.1) is 18.2 Å². The van der Waals surface area contributed by atoms with Gasteiger partial charge in [0.15, 0.2) is 0 Å². The molecule has 0 saturated heterocycles. The molecule has 4 heteroatoms. The van der Waals surface area contributed by atoms with Crippen LogP contribution in [-0.4, -0.2) is 11.1 Å². The topological polar surface area (TPSA) is 55.1 Å². The Morgan fingerprint density at radius 3 is 2.35 bits per heavy atom. The zero-order valence-corrected chi connectivity index (χ0v) is 14.6. The first kappa shape index (κ1) is 17.3. The van der Waals surface area contributed by atoms with Gasteiger partial charge in [0.1, 0.15) is 5.76 Å². The van der Waals surface area contributed by atoms with Crippen LogP contribution in [0.2, 0.25) is 0 Å². The van der Waals surface area contributed by atoms with E-state index in [0.717, 1.165) is 23.2 Å². The molecular formula is C19H26N2O2. The summed E-state index contributed by atoms with van der Waals surface area (Å²) < 4.78 is 5.13. The van der Waals surface area contributed by atoms with E-state index < -0.39 is 0 Å². The van der Waals surface area contributed by atoms with Crippen LogP contribution in [0.15, 0.2) is 28.8 Å². The summed E-state index contributed by atoms with van der Waals surface area (Å²) in [7, 11) is 0. The molecule has 0 radical (unpaired) electrons. The fourth-order valence-electron chi connectivity index (χ4n) is 2.73. The van der Waals surface area contributed by atoms with Gasteiger partial charge in [0.2, 0.25) is 5.91 Å². The first-order valence-electron chi connectivity index (χ1n) is 8.22. The minimum atomic E-state index is -0.00216. The highest BCUT2D eigenvalue weighted by Gasteiger charge is 2.20. The Morgan fingerprint density at radius 2 is 1.87 bits per heavy atom. The molecule has 1 heterocycles. The first-order chi connectivity index (χ1) is 10.9. The second-order valence-electron chi connectivity index (χ2n) is 6.36. The maximum atomic E-state index is 12.4. The van der Waals surface area contributed by atoms with Gasteiger partial charge in [-0.2, -0.15) is 0 Å². The summed E-state index contributed by atoms with van der Waals surface area (Å²) in [6.07, 6.45) is 1.32. The van der Waals surface area contributed by atoms with E-state index >= 15 is 0 Å². The molecule has 1 aromatic heterocycles.